The molecule has 2 N–H and O–H groups in total. The summed E-state index contributed by atoms with van der Waals surface area (Å²) in [6.07, 6.45) is 8.24. The number of hydrogen-bond acceptors (Lipinski definition) is 6. The van der Waals surface area contributed by atoms with Crippen molar-refractivity contribution in [3.63, 3.8) is 0 Å². The number of fused-ring (bicyclic) bond motifs is 1. The minimum Gasteiger partial charge on any atom is -0.378 e. The third-order valence-electron chi connectivity index (χ3n) is 5.58. The zero-order valence-electron chi connectivity index (χ0n) is 15.3. The van der Waals surface area contributed by atoms with Crippen molar-refractivity contribution in [3.05, 3.63) is 53.9 Å². The largest absolute Gasteiger partial charge is 0.378 e. The molecule has 3 heterocycles. The third kappa shape index (κ3) is 2.89. The van der Waals surface area contributed by atoms with Crippen molar-refractivity contribution < 1.29 is 4.74 Å². The molecule has 0 unspecified atom stereocenters. The van der Waals surface area contributed by atoms with Gasteiger partial charge in [-0.3, -0.25) is 0 Å². The maximum Gasteiger partial charge on any atom is 0.162 e. The molecular formula is C20H22N6O. The Balaban J connectivity index is 1.47. The van der Waals surface area contributed by atoms with Gasteiger partial charge in [0.25, 0.3) is 0 Å². The Morgan fingerprint density at radius 1 is 1.22 bits per heavy atom. The van der Waals surface area contributed by atoms with Crippen molar-refractivity contribution in [1.29, 1.82) is 0 Å². The SMILES string of the molecule is COC1(Cc2cnc3c(cnn3-c3cccc(C4=NCNN4)c3)c2)CCC1. The summed E-state index contributed by atoms with van der Waals surface area (Å²) in [4.78, 5) is 9.10. The molecule has 1 aromatic carbocycles. The molecule has 0 radical (unpaired) electrons. The van der Waals surface area contributed by atoms with E-state index in [2.05, 4.69) is 33.1 Å². The van der Waals surface area contributed by atoms with Crippen LogP contribution in [0.1, 0.15) is 30.4 Å². The van der Waals surface area contributed by atoms with Crippen LogP contribution in [-0.4, -0.2) is 40.0 Å². The summed E-state index contributed by atoms with van der Waals surface area (Å²) in [6.45, 7) is 0.581. The lowest BCUT2D eigenvalue weighted by Gasteiger charge is -2.40. The van der Waals surface area contributed by atoms with Crippen molar-refractivity contribution in [2.45, 2.75) is 31.3 Å². The van der Waals surface area contributed by atoms with Crippen molar-refractivity contribution in [1.82, 2.24) is 25.6 Å². The van der Waals surface area contributed by atoms with E-state index in [9.17, 15) is 0 Å². The summed E-state index contributed by atoms with van der Waals surface area (Å²) in [5.74, 6) is 0.842. The molecule has 7 heteroatoms. The van der Waals surface area contributed by atoms with Crippen LogP contribution in [0.2, 0.25) is 0 Å². The summed E-state index contributed by atoms with van der Waals surface area (Å²) in [5, 5.41) is 5.62. The number of nitrogens with zero attached hydrogens (tertiary/aromatic N) is 4. The second kappa shape index (κ2) is 6.44. The fourth-order valence-corrected chi connectivity index (χ4v) is 3.88. The summed E-state index contributed by atoms with van der Waals surface area (Å²) in [7, 11) is 1.81. The smallest absolute Gasteiger partial charge is 0.162 e. The van der Waals surface area contributed by atoms with E-state index in [1.54, 1.807) is 0 Å². The highest BCUT2D eigenvalue weighted by Gasteiger charge is 2.37. The molecule has 3 aromatic rings. The fraction of sp³-hybridized carbons (Fsp3) is 0.350. The number of ether oxygens (including phenoxy) is 1. The molecule has 1 saturated carbocycles. The molecule has 2 aromatic heterocycles. The lowest BCUT2D eigenvalue weighted by molar-refractivity contribution is -0.0708. The number of amidine groups is 1. The topological polar surface area (TPSA) is 76.4 Å². The predicted octanol–water partition coefficient (Wildman–Crippen LogP) is 2.34. The molecule has 2 aliphatic rings. The quantitative estimate of drug-likeness (QED) is 0.729. The molecule has 1 fully saturated rings. The highest BCUT2D eigenvalue weighted by atomic mass is 16.5. The number of pyridine rings is 1. The second-order valence-corrected chi connectivity index (χ2v) is 7.25. The maximum atomic E-state index is 5.76. The minimum atomic E-state index is 0.00270. The van der Waals surface area contributed by atoms with Crippen LogP contribution >= 0.6 is 0 Å². The normalized spacial score (nSPS) is 18.2. The molecule has 0 atom stereocenters. The molecule has 0 saturated heterocycles. The van der Waals surface area contributed by atoms with Gasteiger partial charge in [-0.2, -0.15) is 5.10 Å². The number of aliphatic imine (C=N–C) groups is 1. The lowest BCUT2D eigenvalue weighted by atomic mass is 9.76. The molecule has 0 amide bonds. The van der Waals surface area contributed by atoms with E-state index in [0.29, 0.717) is 6.67 Å². The Kier molecular flexibility index (Phi) is 3.91. The number of aromatic nitrogens is 3. The van der Waals surface area contributed by atoms with Crippen molar-refractivity contribution in [2.24, 2.45) is 4.99 Å². The van der Waals surface area contributed by atoms with E-state index in [1.165, 1.54) is 12.0 Å². The van der Waals surface area contributed by atoms with Crippen LogP contribution in [0.4, 0.5) is 0 Å². The van der Waals surface area contributed by atoms with Gasteiger partial charge in [0.1, 0.15) is 12.5 Å². The van der Waals surface area contributed by atoms with Gasteiger partial charge in [-0.15, -0.1) is 0 Å². The molecule has 0 bridgehead atoms. The van der Waals surface area contributed by atoms with Gasteiger partial charge in [0, 0.05) is 30.7 Å². The number of nitrogens with one attached hydrogen (secondary N) is 2. The van der Waals surface area contributed by atoms with Crippen LogP contribution in [-0.2, 0) is 11.2 Å². The van der Waals surface area contributed by atoms with Gasteiger partial charge in [-0.25, -0.2) is 20.1 Å². The van der Waals surface area contributed by atoms with Gasteiger partial charge in [-0.1, -0.05) is 12.1 Å². The van der Waals surface area contributed by atoms with Crippen LogP contribution in [0.3, 0.4) is 0 Å². The number of methoxy groups -OCH3 is 1. The van der Waals surface area contributed by atoms with Gasteiger partial charge in [-0.05, 0) is 43.0 Å². The predicted molar refractivity (Wildman–Crippen MR) is 104 cm³/mol. The molecule has 1 aliphatic heterocycles. The van der Waals surface area contributed by atoms with E-state index in [4.69, 9.17) is 9.72 Å². The second-order valence-electron chi connectivity index (χ2n) is 7.25. The number of hydrazine groups is 1. The zero-order valence-corrected chi connectivity index (χ0v) is 15.3. The maximum absolute atomic E-state index is 5.76. The fourth-order valence-electron chi connectivity index (χ4n) is 3.88. The molecule has 138 valence electrons. The first-order valence-corrected chi connectivity index (χ1v) is 9.28. The average Bonchev–Trinajstić information content (AvgIpc) is 3.34. The first kappa shape index (κ1) is 16.4. The molecule has 1 aliphatic carbocycles. The number of hydrogen-bond donors (Lipinski definition) is 2. The Morgan fingerprint density at radius 3 is 2.89 bits per heavy atom. The van der Waals surface area contributed by atoms with Crippen LogP contribution in [0.15, 0.2) is 47.7 Å². The first-order chi connectivity index (χ1) is 13.3. The van der Waals surface area contributed by atoms with Crippen molar-refractivity contribution in [3.8, 4) is 5.69 Å². The summed E-state index contributed by atoms with van der Waals surface area (Å²) in [6, 6.07) is 10.3. The molecule has 27 heavy (non-hydrogen) atoms. The lowest BCUT2D eigenvalue weighted by Crippen LogP contribution is -2.41. The molecule has 7 nitrogen and oxygen atoms in total. The van der Waals surface area contributed by atoms with E-state index in [0.717, 1.165) is 47.4 Å². The van der Waals surface area contributed by atoms with Crippen molar-refractivity contribution >= 4 is 16.9 Å². The Bertz CT molecular complexity index is 1010. The highest BCUT2D eigenvalue weighted by molar-refractivity contribution is 5.99. The molecule has 0 spiro atoms. The van der Waals surface area contributed by atoms with Gasteiger partial charge >= 0.3 is 0 Å². The summed E-state index contributed by atoms with van der Waals surface area (Å²) >= 11 is 0. The standard InChI is InChI=1S/C20H22N6O/c1-27-20(6-3-7-20)10-14-8-16-12-24-26(19(16)21-11-14)17-5-2-4-15(9-17)18-22-13-23-25-18/h2,4-5,8-9,11-12,23H,3,6-7,10,13H2,1H3,(H,22,25). The summed E-state index contributed by atoms with van der Waals surface area (Å²) < 4.78 is 7.63. The Hall–Kier alpha value is -2.77. The number of rotatable bonds is 5. The average molecular weight is 362 g/mol. The van der Waals surface area contributed by atoms with E-state index in [-0.39, 0.29) is 5.60 Å². The minimum absolute atomic E-state index is 0.00270. The van der Waals surface area contributed by atoms with Crippen LogP contribution < -0.4 is 10.9 Å². The first-order valence-electron chi connectivity index (χ1n) is 9.28. The Morgan fingerprint density at radius 2 is 2.15 bits per heavy atom. The van der Waals surface area contributed by atoms with E-state index >= 15 is 0 Å². The van der Waals surface area contributed by atoms with E-state index in [1.807, 2.05) is 42.4 Å². The summed E-state index contributed by atoms with van der Waals surface area (Å²) in [5.41, 5.74) is 10.1. The Labute approximate surface area is 157 Å². The van der Waals surface area contributed by atoms with Gasteiger partial charge in [0.05, 0.1) is 17.5 Å². The molecule has 5 rings (SSSR count). The third-order valence-corrected chi connectivity index (χ3v) is 5.58. The van der Waals surface area contributed by atoms with Gasteiger partial charge < -0.3 is 10.2 Å². The van der Waals surface area contributed by atoms with Crippen LogP contribution in [0, 0.1) is 0 Å². The molecular weight excluding hydrogens is 340 g/mol. The van der Waals surface area contributed by atoms with Crippen LogP contribution in [0.5, 0.6) is 0 Å². The highest BCUT2D eigenvalue weighted by Crippen LogP contribution is 2.38. The monoisotopic (exact) mass is 362 g/mol. The number of benzene rings is 1. The van der Waals surface area contributed by atoms with Gasteiger partial charge in [0.15, 0.2) is 5.65 Å². The van der Waals surface area contributed by atoms with Gasteiger partial charge in [0.2, 0.25) is 0 Å². The van der Waals surface area contributed by atoms with Crippen LogP contribution in [0.25, 0.3) is 16.7 Å². The van der Waals surface area contributed by atoms with Crippen molar-refractivity contribution in [2.75, 3.05) is 13.8 Å². The van der Waals surface area contributed by atoms with E-state index < -0.39 is 0 Å². The zero-order chi connectivity index (χ0) is 18.3.